The number of amides is 1. The molecule has 0 radical (unpaired) electrons. The third-order valence-corrected chi connectivity index (χ3v) is 3.54. The molecule has 2 aromatic rings. The summed E-state index contributed by atoms with van der Waals surface area (Å²) in [6, 6.07) is 10.1. The van der Waals surface area contributed by atoms with E-state index in [1.807, 2.05) is 6.07 Å². The minimum atomic E-state index is -0.358. The van der Waals surface area contributed by atoms with E-state index >= 15 is 0 Å². The van der Waals surface area contributed by atoms with Gasteiger partial charge >= 0.3 is 0 Å². The van der Waals surface area contributed by atoms with Gasteiger partial charge in [0.1, 0.15) is 11.8 Å². The van der Waals surface area contributed by atoms with E-state index in [9.17, 15) is 4.79 Å². The SMILES string of the molecule is N#Cc1ccc(C(=O)Nc2ccc(Br)c(Cl)c2)nc1. The van der Waals surface area contributed by atoms with Gasteiger partial charge in [0.2, 0.25) is 0 Å². The zero-order valence-corrected chi connectivity index (χ0v) is 11.9. The van der Waals surface area contributed by atoms with Gasteiger partial charge in [0.15, 0.2) is 0 Å². The van der Waals surface area contributed by atoms with Crippen LogP contribution < -0.4 is 5.32 Å². The number of nitriles is 1. The molecule has 0 unspecified atom stereocenters. The number of anilines is 1. The molecule has 6 heteroatoms. The van der Waals surface area contributed by atoms with E-state index in [0.29, 0.717) is 16.3 Å². The van der Waals surface area contributed by atoms with Crippen molar-refractivity contribution in [3.8, 4) is 6.07 Å². The first kappa shape index (κ1) is 13.5. The first-order chi connectivity index (χ1) is 9.10. The fourth-order valence-corrected chi connectivity index (χ4v) is 1.79. The highest BCUT2D eigenvalue weighted by Gasteiger charge is 2.08. The minimum Gasteiger partial charge on any atom is -0.321 e. The van der Waals surface area contributed by atoms with Crippen LogP contribution in [0.25, 0.3) is 0 Å². The Bertz CT molecular complexity index is 665. The highest BCUT2D eigenvalue weighted by Crippen LogP contribution is 2.25. The van der Waals surface area contributed by atoms with Gasteiger partial charge in [-0.25, -0.2) is 4.98 Å². The Labute approximate surface area is 123 Å². The first-order valence-electron chi connectivity index (χ1n) is 5.22. The van der Waals surface area contributed by atoms with E-state index in [1.165, 1.54) is 18.3 Å². The van der Waals surface area contributed by atoms with Crippen LogP contribution in [-0.4, -0.2) is 10.9 Å². The van der Waals surface area contributed by atoms with Gasteiger partial charge < -0.3 is 5.32 Å². The van der Waals surface area contributed by atoms with E-state index in [1.54, 1.807) is 18.2 Å². The van der Waals surface area contributed by atoms with Crippen LogP contribution in [0.4, 0.5) is 5.69 Å². The van der Waals surface area contributed by atoms with E-state index in [-0.39, 0.29) is 11.6 Å². The van der Waals surface area contributed by atoms with Gasteiger partial charge in [0.25, 0.3) is 5.91 Å². The predicted molar refractivity (Wildman–Crippen MR) is 76.1 cm³/mol. The molecule has 0 fully saturated rings. The lowest BCUT2D eigenvalue weighted by Crippen LogP contribution is -2.13. The maximum Gasteiger partial charge on any atom is 0.274 e. The summed E-state index contributed by atoms with van der Waals surface area (Å²) in [5.74, 6) is -0.358. The molecule has 0 bridgehead atoms. The predicted octanol–water partition coefficient (Wildman–Crippen LogP) is 3.62. The molecule has 4 nitrogen and oxygen atoms in total. The summed E-state index contributed by atoms with van der Waals surface area (Å²) in [7, 11) is 0. The van der Waals surface area contributed by atoms with Crippen molar-refractivity contribution in [3.63, 3.8) is 0 Å². The molecule has 1 aromatic carbocycles. The lowest BCUT2D eigenvalue weighted by Gasteiger charge is -2.05. The van der Waals surface area contributed by atoms with Gasteiger partial charge in [-0.15, -0.1) is 0 Å². The molecule has 1 amide bonds. The molecule has 0 aliphatic carbocycles. The van der Waals surface area contributed by atoms with E-state index in [0.717, 1.165) is 4.47 Å². The summed E-state index contributed by atoms with van der Waals surface area (Å²) in [6.07, 6.45) is 1.35. The standard InChI is InChI=1S/C13H7BrClN3O/c14-10-3-2-9(5-11(10)15)18-13(19)12-4-1-8(6-16)7-17-12/h1-5,7H,(H,18,19). The highest BCUT2D eigenvalue weighted by molar-refractivity contribution is 9.10. The van der Waals surface area contributed by atoms with Crippen LogP contribution in [0.1, 0.15) is 16.1 Å². The molecule has 0 spiro atoms. The molecule has 94 valence electrons. The zero-order chi connectivity index (χ0) is 13.8. The minimum absolute atomic E-state index is 0.234. The van der Waals surface area contributed by atoms with Gasteiger partial charge in [0.05, 0.1) is 10.6 Å². The van der Waals surface area contributed by atoms with Gasteiger partial charge in [-0.1, -0.05) is 11.6 Å². The Kier molecular flexibility index (Phi) is 4.15. The van der Waals surface area contributed by atoms with Gasteiger partial charge in [-0.05, 0) is 46.3 Å². The summed E-state index contributed by atoms with van der Waals surface area (Å²) < 4.78 is 0.753. The number of hydrogen-bond acceptors (Lipinski definition) is 3. The van der Waals surface area contributed by atoms with Crippen molar-refractivity contribution in [3.05, 3.63) is 57.3 Å². The molecule has 1 aromatic heterocycles. The fraction of sp³-hybridized carbons (Fsp3) is 0. The highest BCUT2D eigenvalue weighted by atomic mass is 79.9. The van der Waals surface area contributed by atoms with Crippen molar-refractivity contribution < 1.29 is 4.79 Å². The van der Waals surface area contributed by atoms with E-state index in [4.69, 9.17) is 16.9 Å². The number of carbonyl (C=O) groups excluding carboxylic acids is 1. The monoisotopic (exact) mass is 335 g/mol. The number of nitrogens with zero attached hydrogens (tertiary/aromatic N) is 2. The average molecular weight is 337 g/mol. The quantitative estimate of drug-likeness (QED) is 0.911. The number of hydrogen-bond donors (Lipinski definition) is 1. The molecule has 0 saturated carbocycles. The van der Waals surface area contributed by atoms with Crippen LogP contribution in [0.15, 0.2) is 41.0 Å². The summed E-state index contributed by atoms with van der Waals surface area (Å²) in [5, 5.41) is 11.8. The largest absolute Gasteiger partial charge is 0.321 e. The zero-order valence-electron chi connectivity index (χ0n) is 9.52. The van der Waals surface area contributed by atoms with E-state index in [2.05, 4.69) is 26.2 Å². The van der Waals surface area contributed by atoms with Crippen LogP contribution in [0.5, 0.6) is 0 Å². The molecule has 19 heavy (non-hydrogen) atoms. The molecular formula is C13H7BrClN3O. The second-order valence-corrected chi connectivity index (χ2v) is 4.89. The molecule has 0 saturated heterocycles. The summed E-state index contributed by atoms with van der Waals surface area (Å²) >= 11 is 9.20. The third-order valence-electron chi connectivity index (χ3n) is 2.30. The van der Waals surface area contributed by atoms with Crippen molar-refractivity contribution in [1.29, 1.82) is 5.26 Å². The number of nitrogens with one attached hydrogen (secondary N) is 1. The van der Waals surface area contributed by atoms with Crippen molar-refractivity contribution in [1.82, 2.24) is 4.98 Å². The second kappa shape index (κ2) is 5.83. The average Bonchev–Trinajstić information content (AvgIpc) is 2.43. The molecule has 0 aliphatic heterocycles. The van der Waals surface area contributed by atoms with Crippen LogP contribution >= 0.6 is 27.5 Å². The molecule has 0 aliphatic rings. The Balaban J connectivity index is 2.16. The van der Waals surface area contributed by atoms with Crippen molar-refractivity contribution in [2.45, 2.75) is 0 Å². The number of pyridine rings is 1. The number of carbonyl (C=O) groups is 1. The normalized spacial score (nSPS) is 9.74. The third kappa shape index (κ3) is 3.31. The molecule has 0 atom stereocenters. The van der Waals surface area contributed by atoms with Crippen molar-refractivity contribution >= 4 is 39.1 Å². The second-order valence-electron chi connectivity index (χ2n) is 3.63. The number of rotatable bonds is 2. The smallest absolute Gasteiger partial charge is 0.274 e. The molecule has 2 rings (SSSR count). The maximum atomic E-state index is 11.9. The summed E-state index contributed by atoms with van der Waals surface area (Å²) in [4.78, 5) is 15.8. The number of benzene rings is 1. The Morgan fingerprint density at radius 3 is 2.74 bits per heavy atom. The summed E-state index contributed by atoms with van der Waals surface area (Å²) in [6.45, 7) is 0. The first-order valence-corrected chi connectivity index (χ1v) is 6.40. The van der Waals surface area contributed by atoms with Crippen molar-refractivity contribution in [2.24, 2.45) is 0 Å². The lowest BCUT2D eigenvalue weighted by molar-refractivity contribution is 0.102. The fourth-order valence-electron chi connectivity index (χ4n) is 1.36. The Morgan fingerprint density at radius 2 is 2.16 bits per heavy atom. The Hall–Kier alpha value is -1.90. The van der Waals surface area contributed by atoms with Crippen LogP contribution in [0.3, 0.4) is 0 Å². The Morgan fingerprint density at radius 1 is 1.37 bits per heavy atom. The topological polar surface area (TPSA) is 65.8 Å². The van der Waals surface area contributed by atoms with E-state index < -0.39 is 0 Å². The molecule has 1 heterocycles. The van der Waals surface area contributed by atoms with Crippen LogP contribution in [0.2, 0.25) is 5.02 Å². The number of aromatic nitrogens is 1. The summed E-state index contributed by atoms with van der Waals surface area (Å²) in [5.41, 5.74) is 1.21. The molecule has 1 N–H and O–H groups in total. The maximum absolute atomic E-state index is 11.9. The van der Waals surface area contributed by atoms with Gasteiger partial charge in [-0.3, -0.25) is 4.79 Å². The number of halogens is 2. The lowest BCUT2D eigenvalue weighted by atomic mass is 10.2. The van der Waals surface area contributed by atoms with Gasteiger partial charge in [0, 0.05) is 16.4 Å². The van der Waals surface area contributed by atoms with Crippen LogP contribution in [-0.2, 0) is 0 Å². The van der Waals surface area contributed by atoms with Crippen molar-refractivity contribution in [2.75, 3.05) is 5.32 Å². The van der Waals surface area contributed by atoms with Gasteiger partial charge in [-0.2, -0.15) is 5.26 Å². The van der Waals surface area contributed by atoms with Crippen LogP contribution in [0, 0.1) is 11.3 Å². The molecular weight excluding hydrogens is 330 g/mol.